The summed E-state index contributed by atoms with van der Waals surface area (Å²) >= 11 is 0. The van der Waals surface area contributed by atoms with Crippen molar-refractivity contribution in [2.24, 2.45) is 5.92 Å². The van der Waals surface area contributed by atoms with Crippen LogP contribution in [0.2, 0.25) is 0 Å². The van der Waals surface area contributed by atoms with Gasteiger partial charge in [0.05, 0.1) is 0 Å². The molecule has 0 rings (SSSR count). The molecule has 1 nitrogen and oxygen atoms in total. The highest BCUT2D eigenvalue weighted by Gasteiger charge is 2.31. The van der Waals surface area contributed by atoms with E-state index in [9.17, 15) is 18.0 Å². The predicted octanol–water partition coefficient (Wildman–Crippen LogP) is 4.11. The predicted molar refractivity (Wildman–Crippen MR) is 53.6 cm³/mol. The first-order valence-electron chi connectivity index (χ1n) is 5.47. The van der Waals surface area contributed by atoms with Gasteiger partial charge in [-0.15, -0.1) is 0 Å². The minimum Gasteiger partial charge on any atom is -0.299 e. The Balaban J connectivity index is 3.91. The maximum Gasteiger partial charge on any atom is 0.395 e. The van der Waals surface area contributed by atoms with E-state index in [0.29, 0.717) is 0 Å². The third-order valence-corrected chi connectivity index (χ3v) is 2.46. The molecule has 0 heterocycles. The lowest BCUT2D eigenvalue weighted by Gasteiger charge is -2.13. The van der Waals surface area contributed by atoms with Crippen LogP contribution in [0.15, 0.2) is 0 Å². The van der Waals surface area contributed by atoms with E-state index in [0.717, 1.165) is 25.7 Å². The SMILES string of the molecule is CCCCC(CC)CC(=O)CC(F)(F)F. The fraction of sp³-hybridized carbons (Fsp3) is 0.909. The number of carbonyl (C=O) groups is 1. The summed E-state index contributed by atoms with van der Waals surface area (Å²) in [7, 11) is 0. The van der Waals surface area contributed by atoms with Crippen molar-refractivity contribution in [1.29, 1.82) is 0 Å². The molecule has 1 atom stereocenters. The molecule has 0 saturated carbocycles. The van der Waals surface area contributed by atoms with Crippen LogP contribution in [0.5, 0.6) is 0 Å². The normalized spacial score (nSPS) is 13.9. The van der Waals surface area contributed by atoms with Gasteiger partial charge in [-0.25, -0.2) is 0 Å². The second kappa shape index (κ2) is 6.85. The first-order valence-corrected chi connectivity index (χ1v) is 5.47. The van der Waals surface area contributed by atoms with Gasteiger partial charge in [0, 0.05) is 6.42 Å². The van der Waals surface area contributed by atoms with E-state index in [1.165, 1.54) is 0 Å². The molecule has 0 aromatic heterocycles. The highest BCUT2D eigenvalue weighted by molar-refractivity contribution is 5.79. The van der Waals surface area contributed by atoms with Gasteiger partial charge in [-0.1, -0.05) is 39.5 Å². The van der Waals surface area contributed by atoms with Gasteiger partial charge in [0.1, 0.15) is 12.2 Å². The van der Waals surface area contributed by atoms with Crippen LogP contribution < -0.4 is 0 Å². The average Bonchev–Trinajstić information content (AvgIpc) is 2.09. The lowest BCUT2D eigenvalue weighted by molar-refractivity contribution is -0.152. The second-order valence-corrected chi connectivity index (χ2v) is 3.95. The van der Waals surface area contributed by atoms with Crippen LogP contribution in [0.25, 0.3) is 0 Å². The van der Waals surface area contributed by atoms with Crippen LogP contribution in [0.3, 0.4) is 0 Å². The molecule has 0 amide bonds. The molecule has 15 heavy (non-hydrogen) atoms. The standard InChI is InChI=1S/C11H19F3O/c1-3-5-6-9(4-2)7-10(15)8-11(12,13)14/h9H,3-8H2,1-2H3. The average molecular weight is 224 g/mol. The Kier molecular flexibility index (Phi) is 6.61. The van der Waals surface area contributed by atoms with Gasteiger partial charge in [0.25, 0.3) is 0 Å². The molecule has 0 N–H and O–H groups in total. The minimum atomic E-state index is -4.35. The number of halogens is 3. The van der Waals surface area contributed by atoms with Crippen LogP contribution >= 0.6 is 0 Å². The summed E-state index contributed by atoms with van der Waals surface area (Å²) in [5.41, 5.74) is 0. The fourth-order valence-electron chi connectivity index (χ4n) is 1.56. The summed E-state index contributed by atoms with van der Waals surface area (Å²) in [6.07, 6.45) is -1.90. The molecule has 0 spiro atoms. The quantitative estimate of drug-likeness (QED) is 0.636. The zero-order chi connectivity index (χ0) is 11.9. The first kappa shape index (κ1) is 14.5. The summed E-state index contributed by atoms with van der Waals surface area (Å²) < 4.78 is 35.7. The molecule has 90 valence electrons. The summed E-state index contributed by atoms with van der Waals surface area (Å²) in [5.74, 6) is -0.551. The number of rotatable bonds is 7. The van der Waals surface area contributed by atoms with E-state index in [4.69, 9.17) is 0 Å². The summed E-state index contributed by atoms with van der Waals surface area (Å²) in [5, 5.41) is 0. The molecule has 0 aliphatic carbocycles. The van der Waals surface area contributed by atoms with Crippen molar-refractivity contribution in [2.45, 2.75) is 58.5 Å². The Labute approximate surface area is 89.0 Å². The lowest BCUT2D eigenvalue weighted by atomic mass is 9.93. The topological polar surface area (TPSA) is 17.1 Å². The number of alkyl halides is 3. The summed E-state index contributed by atoms with van der Waals surface area (Å²) in [4.78, 5) is 11.1. The molecule has 0 aliphatic heterocycles. The summed E-state index contributed by atoms with van der Waals surface area (Å²) in [6, 6.07) is 0. The molecule has 0 aromatic carbocycles. The van der Waals surface area contributed by atoms with Crippen LogP contribution in [0, 0.1) is 5.92 Å². The molecule has 0 saturated heterocycles. The zero-order valence-corrected chi connectivity index (χ0v) is 9.36. The van der Waals surface area contributed by atoms with Gasteiger partial charge in [0.15, 0.2) is 0 Å². The van der Waals surface area contributed by atoms with E-state index in [1.54, 1.807) is 0 Å². The maximum atomic E-state index is 11.9. The van der Waals surface area contributed by atoms with Crippen LogP contribution in [-0.2, 0) is 4.79 Å². The van der Waals surface area contributed by atoms with Gasteiger partial charge < -0.3 is 0 Å². The van der Waals surface area contributed by atoms with Crippen molar-refractivity contribution in [3.8, 4) is 0 Å². The number of ketones is 1. The summed E-state index contributed by atoms with van der Waals surface area (Å²) in [6.45, 7) is 3.95. The Morgan fingerprint density at radius 3 is 2.27 bits per heavy atom. The zero-order valence-electron chi connectivity index (χ0n) is 9.36. The Morgan fingerprint density at radius 1 is 1.27 bits per heavy atom. The van der Waals surface area contributed by atoms with Crippen LogP contribution in [0.1, 0.15) is 52.4 Å². The molecule has 0 aliphatic rings. The molecule has 0 bridgehead atoms. The molecule has 4 heteroatoms. The Hall–Kier alpha value is -0.540. The van der Waals surface area contributed by atoms with Crippen LogP contribution in [0.4, 0.5) is 13.2 Å². The van der Waals surface area contributed by atoms with Gasteiger partial charge in [-0.2, -0.15) is 13.2 Å². The van der Waals surface area contributed by atoms with Gasteiger partial charge >= 0.3 is 6.18 Å². The maximum absolute atomic E-state index is 11.9. The number of unbranched alkanes of at least 4 members (excludes halogenated alkanes) is 1. The third-order valence-electron chi connectivity index (χ3n) is 2.46. The van der Waals surface area contributed by atoms with E-state index in [2.05, 4.69) is 0 Å². The highest BCUT2D eigenvalue weighted by Crippen LogP contribution is 2.24. The van der Waals surface area contributed by atoms with Gasteiger partial charge in [0.2, 0.25) is 0 Å². The van der Waals surface area contributed by atoms with Crippen molar-refractivity contribution in [2.75, 3.05) is 0 Å². The van der Waals surface area contributed by atoms with Crippen molar-refractivity contribution in [3.05, 3.63) is 0 Å². The Bertz CT molecular complexity index is 187. The van der Waals surface area contributed by atoms with Gasteiger partial charge in [-0.3, -0.25) is 4.79 Å². The van der Waals surface area contributed by atoms with E-state index < -0.39 is 18.4 Å². The number of carbonyl (C=O) groups excluding carboxylic acids is 1. The molecular weight excluding hydrogens is 205 g/mol. The second-order valence-electron chi connectivity index (χ2n) is 3.95. The third kappa shape index (κ3) is 8.45. The molecular formula is C11H19F3O. The minimum absolute atomic E-state index is 0.0794. The highest BCUT2D eigenvalue weighted by atomic mass is 19.4. The van der Waals surface area contributed by atoms with Gasteiger partial charge in [-0.05, 0) is 5.92 Å². The number of hydrogen-bond acceptors (Lipinski definition) is 1. The molecule has 1 unspecified atom stereocenters. The Morgan fingerprint density at radius 2 is 1.87 bits per heavy atom. The van der Waals surface area contributed by atoms with Crippen molar-refractivity contribution in [1.82, 2.24) is 0 Å². The first-order chi connectivity index (χ1) is 6.89. The number of Topliss-reactive ketones (excluding diaryl/α,β-unsaturated/α-hetero) is 1. The van der Waals surface area contributed by atoms with E-state index in [1.807, 2.05) is 13.8 Å². The van der Waals surface area contributed by atoms with Crippen molar-refractivity contribution in [3.63, 3.8) is 0 Å². The smallest absolute Gasteiger partial charge is 0.299 e. The largest absolute Gasteiger partial charge is 0.395 e. The molecule has 0 aromatic rings. The van der Waals surface area contributed by atoms with Crippen LogP contribution in [-0.4, -0.2) is 12.0 Å². The van der Waals surface area contributed by atoms with Crippen molar-refractivity contribution < 1.29 is 18.0 Å². The monoisotopic (exact) mass is 224 g/mol. The number of hydrogen-bond donors (Lipinski definition) is 0. The molecule has 0 fully saturated rings. The molecule has 0 radical (unpaired) electrons. The van der Waals surface area contributed by atoms with E-state index >= 15 is 0 Å². The lowest BCUT2D eigenvalue weighted by Crippen LogP contribution is -2.17. The fourth-order valence-corrected chi connectivity index (χ4v) is 1.56. The van der Waals surface area contributed by atoms with E-state index in [-0.39, 0.29) is 12.3 Å². The van der Waals surface area contributed by atoms with Crippen molar-refractivity contribution >= 4 is 5.78 Å².